The molecule has 1 heterocycles. The standard InChI is InChI=1S/C19H19NO3/c21-15-9-12-5-7-14(15)17-16(12)18(22)20(19(17)23)13-6-4-10-2-1-3-11(10)8-13/h4,6,8,12,14,16-17H,1-3,5,7,9H2/t12-,14+,16+,17-/m1/s1. The van der Waals surface area contributed by atoms with E-state index in [4.69, 9.17) is 0 Å². The largest absolute Gasteiger partial charge is 0.299 e. The van der Waals surface area contributed by atoms with Gasteiger partial charge in [-0.1, -0.05) is 6.07 Å². The number of hydrogen-bond donors (Lipinski definition) is 0. The molecule has 0 unspecified atom stereocenters. The van der Waals surface area contributed by atoms with Crippen molar-refractivity contribution in [3.8, 4) is 0 Å². The van der Waals surface area contributed by atoms with Gasteiger partial charge in [0.1, 0.15) is 5.78 Å². The van der Waals surface area contributed by atoms with E-state index in [2.05, 4.69) is 6.07 Å². The number of ketones is 1. The smallest absolute Gasteiger partial charge is 0.238 e. The summed E-state index contributed by atoms with van der Waals surface area (Å²) >= 11 is 0. The van der Waals surface area contributed by atoms with E-state index in [0.29, 0.717) is 12.1 Å². The van der Waals surface area contributed by atoms with Crippen LogP contribution in [0.15, 0.2) is 18.2 Å². The van der Waals surface area contributed by atoms with Gasteiger partial charge in [-0.3, -0.25) is 19.3 Å². The Morgan fingerprint density at radius 2 is 1.70 bits per heavy atom. The molecule has 4 atom stereocenters. The minimum Gasteiger partial charge on any atom is -0.299 e. The molecule has 4 nitrogen and oxygen atoms in total. The van der Waals surface area contributed by atoms with Crippen LogP contribution < -0.4 is 4.90 Å². The highest BCUT2D eigenvalue weighted by Crippen LogP contribution is 2.52. The Hall–Kier alpha value is -1.97. The monoisotopic (exact) mass is 309 g/mol. The van der Waals surface area contributed by atoms with Crippen LogP contribution in [0.1, 0.15) is 36.8 Å². The molecule has 1 saturated heterocycles. The van der Waals surface area contributed by atoms with Crippen molar-refractivity contribution < 1.29 is 14.4 Å². The molecule has 0 aromatic heterocycles. The second kappa shape index (κ2) is 4.53. The molecule has 1 aromatic rings. The topological polar surface area (TPSA) is 54.5 Å². The molecule has 6 rings (SSSR count). The second-order valence-corrected chi connectivity index (χ2v) is 7.48. The van der Waals surface area contributed by atoms with Crippen molar-refractivity contribution >= 4 is 23.3 Å². The van der Waals surface area contributed by atoms with E-state index in [1.165, 1.54) is 16.0 Å². The lowest BCUT2D eigenvalue weighted by atomic mass is 9.59. The number of amides is 2. The molecule has 1 aromatic carbocycles. The van der Waals surface area contributed by atoms with Gasteiger partial charge in [0.2, 0.25) is 11.8 Å². The van der Waals surface area contributed by atoms with E-state index in [9.17, 15) is 14.4 Å². The third-order valence-corrected chi connectivity index (χ3v) is 6.41. The van der Waals surface area contributed by atoms with Crippen LogP contribution in [-0.2, 0) is 27.2 Å². The van der Waals surface area contributed by atoms with Gasteiger partial charge >= 0.3 is 0 Å². The average Bonchev–Trinajstić information content (AvgIpc) is 3.11. The molecule has 0 spiro atoms. The van der Waals surface area contributed by atoms with Gasteiger partial charge in [0.05, 0.1) is 17.5 Å². The summed E-state index contributed by atoms with van der Waals surface area (Å²) in [5, 5.41) is 0. The number of fused-ring (bicyclic) bond motifs is 3. The fraction of sp³-hybridized carbons (Fsp3) is 0.526. The molecule has 0 N–H and O–H groups in total. The Labute approximate surface area is 134 Å². The number of anilines is 1. The Balaban J connectivity index is 1.56. The van der Waals surface area contributed by atoms with Gasteiger partial charge in [-0.15, -0.1) is 0 Å². The maximum atomic E-state index is 12.9. The molecule has 2 bridgehead atoms. The van der Waals surface area contributed by atoms with Crippen molar-refractivity contribution in [2.75, 3.05) is 4.90 Å². The highest BCUT2D eigenvalue weighted by atomic mass is 16.2. The van der Waals surface area contributed by atoms with Gasteiger partial charge in [-0.25, -0.2) is 0 Å². The Morgan fingerprint density at radius 3 is 2.52 bits per heavy atom. The maximum absolute atomic E-state index is 12.9. The molecule has 4 fully saturated rings. The Bertz CT molecular complexity index is 753. The number of carbonyl (C=O) groups is 3. The molecule has 4 aliphatic carbocycles. The lowest BCUT2D eigenvalue weighted by Crippen LogP contribution is -2.46. The summed E-state index contributed by atoms with van der Waals surface area (Å²) in [7, 11) is 0. The highest BCUT2D eigenvalue weighted by molar-refractivity contribution is 6.23. The zero-order valence-electron chi connectivity index (χ0n) is 13.0. The third kappa shape index (κ3) is 1.69. The molecular formula is C19H19NO3. The lowest BCUT2D eigenvalue weighted by Gasteiger charge is -2.41. The predicted molar refractivity (Wildman–Crippen MR) is 83.8 cm³/mol. The first kappa shape index (κ1) is 13.5. The van der Waals surface area contributed by atoms with Gasteiger partial charge in [0, 0.05) is 12.3 Å². The number of imide groups is 1. The third-order valence-electron chi connectivity index (χ3n) is 6.41. The minimum absolute atomic E-state index is 0.0693. The van der Waals surface area contributed by atoms with Gasteiger partial charge in [-0.05, 0) is 61.3 Å². The van der Waals surface area contributed by atoms with Crippen molar-refractivity contribution in [1.82, 2.24) is 0 Å². The van der Waals surface area contributed by atoms with Crippen LogP contribution in [-0.4, -0.2) is 17.6 Å². The average molecular weight is 309 g/mol. The molecular weight excluding hydrogens is 290 g/mol. The normalized spacial score (nSPS) is 35.0. The maximum Gasteiger partial charge on any atom is 0.238 e. The first-order valence-corrected chi connectivity index (χ1v) is 8.67. The number of benzene rings is 1. The summed E-state index contributed by atoms with van der Waals surface area (Å²) in [5.41, 5.74) is 3.31. The van der Waals surface area contributed by atoms with Crippen LogP contribution >= 0.6 is 0 Å². The number of Topliss-reactive ketones (excluding diaryl/α,β-unsaturated/α-hetero) is 1. The zero-order valence-corrected chi connectivity index (χ0v) is 13.0. The van der Waals surface area contributed by atoms with E-state index < -0.39 is 5.92 Å². The summed E-state index contributed by atoms with van der Waals surface area (Å²) in [4.78, 5) is 39.4. The van der Waals surface area contributed by atoms with Crippen molar-refractivity contribution in [3.63, 3.8) is 0 Å². The van der Waals surface area contributed by atoms with Crippen LogP contribution in [0.4, 0.5) is 5.69 Å². The van der Waals surface area contributed by atoms with Crippen molar-refractivity contribution in [3.05, 3.63) is 29.3 Å². The van der Waals surface area contributed by atoms with E-state index in [1.54, 1.807) is 0 Å². The molecule has 0 radical (unpaired) electrons. The number of carbonyl (C=O) groups excluding carboxylic acids is 3. The van der Waals surface area contributed by atoms with Crippen molar-refractivity contribution in [1.29, 1.82) is 0 Å². The van der Waals surface area contributed by atoms with Crippen LogP contribution in [0.3, 0.4) is 0 Å². The highest BCUT2D eigenvalue weighted by Gasteiger charge is 2.60. The lowest BCUT2D eigenvalue weighted by molar-refractivity contribution is -0.143. The summed E-state index contributed by atoms with van der Waals surface area (Å²) in [6.07, 6.45) is 5.43. The second-order valence-electron chi connectivity index (χ2n) is 7.48. The van der Waals surface area contributed by atoms with Gasteiger partial charge < -0.3 is 0 Å². The van der Waals surface area contributed by atoms with E-state index in [1.807, 2.05) is 12.1 Å². The minimum atomic E-state index is -0.393. The first-order valence-electron chi connectivity index (χ1n) is 8.67. The molecule has 5 aliphatic rings. The predicted octanol–water partition coefficient (Wildman–Crippen LogP) is 2.28. The summed E-state index contributed by atoms with van der Waals surface area (Å²) in [6.45, 7) is 0. The molecule has 2 amide bonds. The van der Waals surface area contributed by atoms with Crippen LogP contribution in [0.2, 0.25) is 0 Å². The fourth-order valence-corrected chi connectivity index (χ4v) is 5.34. The summed E-state index contributed by atoms with van der Waals surface area (Å²) < 4.78 is 0. The van der Waals surface area contributed by atoms with Crippen LogP contribution in [0.5, 0.6) is 0 Å². The molecule has 118 valence electrons. The van der Waals surface area contributed by atoms with E-state index in [-0.39, 0.29) is 35.4 Å². The van der Waals surface area contributed by atoms with E-state index in [0.717, 1.165) is 32.1 Å². The number of nitrogens with zero attached hydrogens (tertiary/aromatic N) is 1. The van der Waals surface area contributed by atoms with Crippen LogP contribution in [0, 0.1) is 23.7 Å². The molecule has 4 heteroatoms. The summed E-state index contributed by atoms with van der Waals surface area (Å²) in [5.74, 6) is -0.808. The van der Waals surface area contributed by atoms with Crippen LogP contribution in [0.25, 0.3) is 0 Å². The Kier molecular flexibility index (Phi) is 2.65. The van der Waals surface area contributed by atoms with Gasteiger partial charge in [0.25, 0.3) is 0 Å². The quantitative estimate of drug-likeness (QED) is 0.748. The zero-order chi connectivity index (χ0) is 15.7. The van der Waals surface area contributed by atoms with Crippen molar-refractivity contribution in [2.45, 2.75) is 38.5 Å². The van der Waals surface area contributed by atoms with Gasteiger partial charge in [0.15, 0.2) is 0 Å². The number of aryl methyl sites for hydroxylation is 2. The fourth-order valence-electron chi connectivity index (χ4n) is 5.34. The molecule has 23 heavy (non-hydrogen) atoms. The summed E-state index contributed by atoms with van der Waals surface area (Å²) in [6, 6.07) is 5.97. The molecule has 3 saturated carbocycles. The molecule has 1 aliphatic heterocycles. The number of rotatable bonds is 1. The number of hydrogen-bond acceptors (Lipinski definition) is 3. The first-order chi connectivity index (χ1) is 11.1. The Morgan fingerprint density at radius 1 is 0.913 bits per heavy atom. The van der Waals surface area contributed by atoms with Crippen molar-refractivity contribution in [2.24, 2.45) is 23.7 Å². The SMILES string of the molecule is O=C1C[C@H]2CC[C@@H]1[C@H]1C(=O)N(c3ccc4c(c3)CCC4)C(=O)[C@@H]21. The van der Waals surface area contributed by atoms with E-state index >= 15 is 0 Å². The van der Waals surface area contributed by atoms with Gasteiger partial charge in [-0.2, -0.15) is 0 Å².